The summed E-state index contributed by atoms with van der Waals surface area (Å²) in [7, 11) is 3.39. The molecule has 0 saturated heterocycles. The number of hydrogen-bond donors (Lipinski definition) is 3. The van der Waals surface area contributed by atoms with Crippen LogP contribution in [0.4, 0.5) is 0 Å². The molecule has 0 saturated carbocycles. The Morgan fingerprint density at radius 2 is 1.73 bits per heavy atom. The molecule has 26 heavy (non-hydrogen) atoms. The molecule has 0 bridgehead atoms. The van der Waals surface area contributed by atoms with E-state index in [-0.39, 0.29) is 29.9 Å². The molecule has 2 aromatic carbocycles. The number of benzene rings is 2. The number of guanidine groups is 1. The van der Waals surface area contributed by atoms with E-state index in [9.17, 15) is 4.79 Å². The molecule has 2 rings (SSSR count). The quantitative estimate of drug-likeness (QED) is 0.255. The highest BCUT2D eigenvalue weighted by Crippen LogP contribution is 2.05. The largest absolute Gasteiger partial charge is 0.356 e. The van der Waals surface area contributed by atoms with Crippen molar-refractivity contribution in [3.63, 3.8) is 0 Å². The molecular formula is C20H27IN4O. The zero-order valence-electron chi connectivity index (χ0n) is 15.3. The highest BCUT2D eigenvalue weighted by molar-refractivity contribution is 14.0. The van der Waals surface area contributed by atoms with Crippen LogP contribution in [0.5, 0.6) is 0 Å². The van der Waals surface area contributed by atoms with Gasteiger partial charge < -0.3 is 16.0 Å². The zero-order chi connectivity index (χ0) is 17.9. The van der Waals surface area contributed by atoms with E-state index in [2.05, 4.69) is 45.2 Å². The average Bonchev–Trinajstić information content (AvgIpc) is 2.67. The van der Waals surface area contributed by atoms with Crippen LogP contribution in [0.25, 0.3) is 0 Å². The molecule has 0 fully saturated rings. The molecular weight excluding hydrogens is 439 g/mol. The van der Waals surface area contributed by atoms with Crippen LogP contribution in [0.1, 0.15) is 27.9 Å². The number of hydrogen-bond acceptors (Lipinski definition) is 2. The van der Waals surface area contributed by atoms with Crippen molar-refractivity contribution in [1.82, 2.24) is 16.0 Å². The maximum atomic E-state index is 11.7. The molecule has 0 radical (unpaired) electrons. The molecule has 0 aromatic heterocycles. The lowest BCUT2D eigenvalue weighted by Gasteiger charge is -2.12. The molecule has 1 amide bonds. The zero-order valence-corrected chi connectivity index (χ0v) is 17.6. The van der Waals surface area contributed by atoms with Crippen molar-refractivity contribution < 1.29 is 4.79 Å². The number of carbonyl (C=O) groups is 1. The van der Waals surface area contributed by atoms with Crippen molar-refractivity contribution in [2.45, 2.75) is 19.4 Å². The van der Waals surface area contributed by atoms with Crippen molar-refractivity contribution in [1.29, 1.82) is 0 Å². The Kier molecular flexibility index (Phi) is 10.4. The second kappa shape index (κ2) is 12.3. The fourth-order valence-corrected chi connectivity index (χ4v) is 2.52. The third-order valence-electron chi connectivity index (χ3n) is 3.88. The molecule has 0 aliphatic rings. The molecule has 6 heteroatoms. The fourth-order valence-electron chi connectivity index (χ4n) is 2.52. The number of carbonyl (C=O) groups excluding carboxylic acids is 1. The van der Waals surface area contributed by atoms with Gasteiger partial charge in [0.1, 0.15) is 0 Å². The van der Waals surface area contributed by atoms with Gasteiger partial charge in [-0.05, 0) is 36.1 Å². The van der Waals surface area contributed by atoms with E-state index in [1.165, 1.54) is 5.56 Å². The lowest BCUT2D eigenvalue weighted by Crippen LogP contribution is -2.37. The number of nitrogens with one attached hydrogen (secondary N) is 3. The number of halogens is 1. The fraction of sp³-hybridized carbons (Fsp3) is 0.300. The van der Waals surface area contributed by atoms with Gasteiger partial charge in [-0.2, -0.15) is 0 Å². The van der Waals surface area contributed by atoms with Gasteiger partial charge >= 0.3 is 0 Å². The molecule has 0 heterocycles. The van der Waals surface area contributed by atoms with Crippen LogP contribution in [0.15, 0.2) is 59.6 Å². The predicted molar refractivity (Wildman–Crippen MR) is 118 cm³/mol. The molecule has 0 atom stereocenters. The SMILES string of the molecule is CN=C(NCCCc1ccccc1)NCc1cccc(C(=O)NC)c1.I. The Balaban J connectivity index is 0.00000338. The van der Waals surface area contributed by atoms with E-state index in [0.717, 1.165) is 30.9 Å². The van der Waals surface area contributed by atoms with E-state index < -0.39 is 0 Å². The minimum absolute atomic E-state index is 0. The summed E-state index contributed by atoms with van der Waals surface area (Å²) in [5.41, 5.74) is 3.04. The molecule has 140 valence electrons. The minimum atomic E-state index is -0.0785. The van der Waals surface area contributed by atoms with Gasteiger partial charge in [-0.1, -0.05) is 42.5 Å². The van der Waals surface area contributed by atoms with Gasteiger partial charge in [-0.3, -0.25) is 9.79 Å². The Hall–Kier alpha value is -2.09. The third kappa shape index (κ3) is 7.43. The van der Waals surface area contributed by atoms with Crippen LogP contribution < -0.4 is 16.0 Å². The number of rotatable bonds is 7. The summed E-state index contributed by atoms with van der Waals surface area (Å²) in [5.74, 6) is 0.684. The van der Waals surface area contributed by atoms with Crippen molar-refractivity contribution >= 4 is 35.8 Å². The van der Waals surface area contributed by atoms with Gasteiger partial charge in [0.05, 0.1) is 0 Å². The molecule has 3 N–H and O–H groups in total. The summed E-state index contributed by atoms with van der Waals surface area (Å²) >= 11 is 0. The van der Waals surface area contributed by atoms with E-state index in [1.54, 1.807) is 20.2 Å². The summed E-state index contributed by atoms with van der Waals surface area (Å²) in [5, 5.41) is 9.23. The summed E-state index contributed by atoms with van der Waals surface area (Å²) in [4.78, 5) is 15.9. The van der Waals surface area contributed by atoms with Crippen LogP contribution in [0.2, 0.25) is 0 Å². The Labute approximate surface area is 172 Å². The first-order valence-corrected chi connectivity index (χ1v) is 8.52. The number of amides is 1. The van der Waals surface area contributed by atoms with Gasteiger partial charge in [0.25, 0.3) is 5.91 Å². The van der Waals surface area contributed by atoms with Gasteiger partial charge in [-0.15, -0.1) is 24.0 Å². The van der Waals surface area contributed by atoms with E-state index in [0.29, 0.717) is 12.1 Å². The monoisotopic (exact) mass is 466 g/mol. The summed E-state index contributed by atoms with van der Waals surface area (Å²) in [6.07, 6.45) is 2.08. The number of aryl methyl sites for hydroxylation is 1. The van der Waals surface area contributed by atoms with E-state index in [1.807, 2.05) is 24.3 Å². The highest BCUT2D eigenvalue weighted by atomic mass is 127. The average molecular weight is 466 g/mol. The predicted octanol–water partition coefficient (Wildman–Crippen LogP) is 2.96. The topological polar surface area (TPSA) is 65.5 Å². The smallest absolute Gasteiger partial charge is 0.251 e. The maximum Gasteiger partial charge on any atom is 0.251 e. The van der Waals surface area contributed by atoms with Crippen LogP contribution >= 0.6 is 24.0 Å². The first-order chi connectivity index (χ1) is 12.2. The molecule has 0 aliphatic carbocycles. The second-order valence-corrected chi connectivity index (χ2v) is 5.72. The van der Waals surface area contributed by atoms with Crippen LogP contribution in [0.3, 0.4) is 0 Å². The molecule has 0 unspecified atom stereocenters. The molecule has 2 aromatic rings. The van der Waals surface area contributed by atoms with Crippen molar-refractivity contribution in [2.24, 2.45) is 4.99 Å². The maximum absolute atomic E-state index is 11.7. The van der Waals surface area contributed by atoms with Gasteiger partial charge in [0, 0.05) is 32.7 Å². The van der Waals surface area contributed by atoms with Gasteiger partial charge in [0.15, 0.2) is 5.96 Å². The number of aliphatic imine (C=N–C) groups is 1. The molecule has 0 aliphatic heterocycles. The molecule has 0 spiro atoms. The van der Waals surface area contributed by atoms with Crippen LogP contribution in [0, 0.1) is 0 Å². The second-order valence-electron chi connectivity index (χ2n) is 5.72. The standard InChI is InChI=1S/C20H26N4O.HI/c1-21-19(25)18-12-6-10-17(14-18)15-24-20(22-2)23-13-7-11-16-8-4-3-5-9-16;/h3-6,8-10,12,14H,7,11,13,15H2,1-2H3,(H,21,25)(H2,22,23,24);1H. The van der Waals surface area contributed by atoms with Gasteiger partial charge in [0.2, 0.25) is 0 Å². The summed E-state index contributed by atoms with van der Waals surface area (Å²) in [6.45, 7) is 1.47. The first kappa shape index (κ1) is 22.0. The van der Waals surface area contributed by atoms with Crippen LogP contribution in [-0.2, 0) is 13.0 Å². The van der Waals surface area contributed by atoms with Crippen molar-refractivity contribution in [2.75, 3.05) is 20.6 Å². The van der Waals surface area contributed by atoms with E-state index in [4.69, 9.17) is 0 Å². The Bertz CT molecular complexity index is 704. The van der Waals surface area contributed by atoms with Crippen molar-refractivity contribution in [3.8, 4) is 0 Å². The summed E-state index contributed by atoms with van der Waals surface area (Å²) in [6, 6.07) is 18.0. The number of nitrogens with zero attached hydrogens (tertiary/aromatic N) is 1. The lowest BCUT2D eigenvalue weighted by atomic mass is 10.1. The highest BCUT2D eigenvalue weighted by Gasteiger charge is 2.04. The Morgan fingerprint density at radius 1 is 1.00 bits per heavy atom. The van der Waals surface area contributed by atoms with Crippen LogP contribution in [-0.4, -0.2) is 32.5 Å². The van der Waals surface area contributed by atoms with E-state index >= 15 is 0 Å². The van der Waals surface area contributed by atoms with Crippen molar-refractivity contribution in [3.05, 3.63) is 71.3 Å². The first-order valence-electron chi connectivity index (χ1n) is 8.52. The molecule has 5 nitrogen and oxygen atoms in total. The Morgan fingerprint density at radius 3 is 2.42 bits per heavy atom. The van der Waals surface area contributed by atoms with Gasteiger partial charge in [-0.25, -0.2) is 0 Å². The normalized spacial score (nSPS) is 10.6. The minimum Gasteiger partial charge on any atom is -0.356 e. The summed E-state index contributed by atoms with van der Waals surface area (Å²) < 4.78 is 0. The lowest BCUT2D eigenvalue weighted by molar-refractivity contribution is 0.0963. The third-order valence-corrected chi connectivity index (χ3v) is 3.88.